The van der Waals surface area contributed by atoms with E-state index in [4.69, 9.17) is 5.73 Å². The highest BCUT2D eigenvalue weighted by molar-refractivity contribution is 7.98. The van der Waals surface area contributed by atoms with Gasteiger partial charge in [-0.05, 0) is 20.1 Å². The van der Waals surface area contributed by atoms with E-state index in [9.17, 15) is 8.42 Å². The Kier molecular flexibility index (Phi) is 4.82. The number of sulfonamides is 1. The highest BCUT2D eigenvalue weighted by atomic mass is 32.2. The van der Waals surface area contributed by atoms with Gasteiger partial charge in [0.2, 0.25) is 0 Å². The normalized spacial score (nSPS) is 14.2. The zero-order valence-electron chi connectivity index (χ0n) is 10.3. The Labute approximate surface area is 110 Å². The first-order valence-electron chi connectivity index (χ1n) is 5.00. The van der Waals surface area contributed by atoms with E-state index in [1.807, 2.05) is 13.2 Å². The van der Waals surface area contributed by atoms with Crippen molar-refractivity contribution in [3.63, 3.8) is 0 Å². The predicted molar refractivity (Wildman–Crippen MR) is 74.1 cm³/mol. The molecule has 8 heteroatoms. The number of anilines is 1. The van der Waals surface area contributed by atoms with Crippen LogP contribution in [0.25, 0.3) is 0 Å². The van der Waals surface area contributed by atoms with Gasteiger partial charge in [0.05, 0.1) is 5.69 Å². The summed E-state index contributed by atoms with van der Waals surface area (Å²) in [5, 5.41) is 0.284. The zero-order valence-corrected chi connectivity index (χ0v) is 12.7. The molecule has 0 aliphatic heterocycles. The molecule has 0 bridgehead atoms. The Balaban J connectivity index is 3.07. The van der Waals surface area contributed by atoms with Gasteiger partial charge >= 0.3 is 0 Å². The number of nitrogens with two attached hydrogens (primary N) is 1. The van der Waals surface area contributed by atoms with Crippen molar-refractivity contribution in [3.8, 4) is 0 Å². The summed E-state index contributed by atoms with van der Waals surface area (Å²) in [6, 6.07) is -0.0577. The number of rotatable bonds is 5. The van der Waals surface area contributed by atoms with E-state index in [0.717, 1.165) is 17.1 Å². The van der Waals surface area contributed by atoms with Crippen molar-refractivity contribution < 1.29 is 8.42 Å². The summed E-state index contributed by atoms with van der Waals surface area (Å²) in [4.78, 5) is 3.95. The second-order valence-corrected chi connectivity index (χ2v) is 7.88. The quantitative estimate of drug-likeness (QED) is 0.888. The molecule has 5 nitrogen and oxygen atoms in total. The van der Waals surface area contributed by atoms with E-state index >= 15 is 0 Å². The molecule has 1 heterocycles. The van der Waals surface area contributed by atoms with Crippen LogP contribution < -0.4 is 5.73 Å². The third-order valence-corrected chi connectivity index (χ3v) is 6.77. The second kappa shape index (κ2) is 5.55. The van der Waals surface area contributed by atoms with Gasteiger partial charge in [-0.15, -0.1) is 0 Å². The van der Waals surface area contributed by atoms with Gasteiger partial charge in [0.25, 0.3) is 10.0 Å². The minimum atomic E-state index is -3.47. The van der Waals surface area contributed by atoms with Crippen LogP contribution in [0.1, 0.15) is 12.6 Å². The molecule has 17 heavy (non-hydrogen) atoms. The largest absolute Gasteiger partial charge is 0.375 e. The fraction of sp³-hybridized carbons (Fsp3) is 0.667. The van der Waals surface area contributed by atoms with Crippen molar-refractivity contribution in [1.82, 2.24) is 9.29 Å². The van der Waals surface area contributed by atoms with Crippen molar-refractivity contribution in [2.24, 2.45) is 0 Å². The van der Waals surface area contributed by atoms with Gasteiger partial charge in [-0.25, -0.2) is 13.4 Å². The summed E-state index contributed by atoms with van der Waals surface area (Å²) in [6.45, 7) is 3.54. The van der Waals surface area contributed by atoms with Crippen LogP contribution in [-0.2, 0) is 10.0 Å². The van der Waals surface area contributed by atoms with Crippen LogP contribution in [0.3, 0.4) is 0 Å². The van der Waals surface area contributed by atoms with Crippen LogP contribution in [0.4, 0.5) is 5.13 Å². The number of nitrogen functional groups attached to an aromatic ring is 1. The first kappa shape index (κ1) is 14.7. The van der Waals surface area contributed by atoms with Crippen LogP contribution in [0.15, 0.2) is 4.21 Å². The van der Waals surface area contributed by atoms with Gasteiger partial charge in [-0.2, -0.15) is 16.1 Å². The van der Waals surface area contributed by atoms with E-state index in [-0.39, 0.29) is 15.4 Å². The summed E-state index contributed by atoms with van der Waals surface area (Å²) >= 11 is 2.63. The van der Waals surface area contributed by atoms with E-state index in [1.54, 1.807) is 25.7 Å². The standard InChI is InChI=1S/C9H17N3O2S3/c1-6(5-15-4)12(3)17(13,14)8-7(2)11-9(10)16-8/h6H,5H2,1-4H3,(H2,10,11). The maximum Gasteiger partial charge on any atom is 0.254 e. The molecule has 0 aromatic carbocycles. The minimum absolute atomic E-state index is 0.0577. The first-order chi connectivity index (χ1) is 7.80. The molecule has 1 unspecified atom stereocenters. The summed E-state index contributed by atoms with van der Waals surface area (Å²) in [5.41, 5.74) is 6.00. The minimum Gasteiger partial charge on any atom is -0.375 e. The third kappa shape index (κ3) is 3.12. The highest BCUT2D eigenvalue weighted by Gasteiger charge is 2.29. The topological polar surface area (TPSA) is 76.3 Å². The molecule has 0 spiro atoms. The molecule has 1 aromatic heterocycles. The molecule has 2 N–H and O–H groups in total. The SMILES string of the molecule is CSCC(C)N(C)S(=O)(=O)c1sc(N)nc1C. The Bertz CT molecular complexity index is 484. The Morgan fingerprint density at radius 2 is 2.18 bits per heavy atom. The van der Waals surface area contributed by atoms with Crippen LogP contribution >= 0.6 is 23.1 Å². The molecule has 1 aromatic rings. The number of nitrogens with zero attached hydrogens (tertiary/aromatic N) is 2. The van der Waals surface area contributed by atoms with Crippen LogP contribution in [0.5, 0.6) is 0 Å². The van der Waals surface area contributed by atoms with E-state index in [0.29, 0.717) is 5.69 Å². The molecule has 0 fully saturated rings. The fourth-order valence-corrected chi connectivity index (χ4v) is 4.98. The second-order valence-electron chi connectivity index (χ2n) is 3.75. The number of hydrogen-bond acceptors (Lipinski definition) is 6. The number of hydrogen-bond donors (Lipinski definition) is 1. The molecule has 0 aliphatic carbocycles. The van der Waals surface area contributed by atoms with E-state index in [2.05, 4.69) is 4.98 Å². The van der Waals surface area contributed by atoms with Crippen molar-refractivity contribution in [3.05, 3.63) is 5.69 Å². The maximum absolute atomic E-state index is 12.3. The Hall–Kier alpha value is -0.310. The number of aromatic nitrogens is 1. The van der Waals surface area contributed by atoms with Crippen LogP contribution in [0.2, 0.25) is 0 Å². The summed E-state index contributed by atoms with van der Waals surface area (Å²) < 4.78 is 26.2. The molecule has 0 amide bonds. The van der Waals surface area contributed by atoms with Crippen LogP contribution in [-0.4, -0.2) is 42.8 Å². The summed E-state index contributed by atoms with van der Waals surface area (Å²) in [7, 11) is -1.89. The molecule has 1 atom stereocenters. The molecule has 1 rings (SSSR count). The first-order valence-corrected chi connectivity index (χ1v) is 8.65. The summed E-state index contributed by atoms with van der Waals surface area (Å²) in [5.74, 6) is 0.753. The lowest BCUT2D eigenvalue weighted by molar-refractivity contribution is 0.416. The molecular formula is C9H17N3O2S3. The maximum atomic E-state index is 12.3. The average molecular weight is 295 g/mol. The highest BCUT2D eigenvalue weighted by Crippen LogP contribution is 2.28. The van der Waals surface area contributed by atoms with Crippen molar-refractivity contribution >= 4 is 38.3 Å². The lowest BCUT2D eigenvalue weighted by atomic mass is 10.4. The van der Waals surface area contributed by atoms with Gasteiger partial charge < -0.3 is 5.73 Å². The monoisotopic (exact) mass is 295 g/mol. The van der Waals surface area contributed by atoms with E-state index < -0.39 is 10.0 Å². The molecular weight excluding hydrogens is 278 g/mol. The predicted octanol–water partition coefficient (Wildman–Crippen LogP) is 1.41. The van der Waals surface area contributed by atoms with E-state index in [1.165, 1.54) is 4.31 Å². The summed E-state index contributed by atoms with van der Waals surface area (Å²) in [6.07, 6.45) is 1.95. The molecule has 98 valence electrons. The lowest BCUT2D eigenvalue weighted by Gasteiger charge is -2.22. The van der Waals surface area contributed by atoms with Gasteiger partial charge in [0.15, 0.2) is 9.34 Å². The number of thiazole rings is 1. The van der Waals surface area contributed by atoms with Gasteiger partial charge in [0, 0.05) is 18.8 Å². The average Bonchev–Trinajstić information content (AvgIpc) is 2.57. The molecule has 0 saturated carbocycles. The van der Waals surface area contributed by atoms with Crippen LogP contribution in [0, 0.1) is 6.92 Å². The Morgan fingerprint density at radius 3 is 2.59 bits per heavy atom. The molecule has 0 aliphatic rings. The third-order valence-electron chi connectivity index (χ3n) is 2.41. The number of aryl methyl sites for hydroxylation is 1. The number of thioether (sulfide) groups is 1. The smallest absolute Gasteiger partial charge is 0.254 e. The van der Waals surface area contributed by atoms with Gasteiger partial charge in [0.1, 0.15) is 0 Å². The van der Waals surface area contributed by atoms with Crippen molar-refractivity contribution in [2.45, 2.75) is 24.1 Å². The zero-order chi connectivity index (χ0) is 13.2. The fourth-order valence-electron chi connectivity index (χ4n) is 1.36. The van der Waals surface area contributed by atoms with Crippen molar-refractivity contribution in [1.29, 1.82) is 0 Å². The Morgan fingerprint density at radius 1 is 1.59 bits per heavy atom. The molecule has 0 saturated heterocycles. The van der Waals surface area contributed by atoms with Gasteiger partial charge in [-0.3, -0.25) is 0 Å². The molecule has 0 radical (unpaired) electrons. The van der Waals surface area contributed by atoms with Gasteiger partial charge in [-0.1, -0.05) is 11.3 Å². The lowest BCUT2D eigenvalue weighted by Crippen LogP contribution is -2.36. The van der Waals surface area contributed by atoms with Crippen molar-refractivity contribution in [2.75, 3.05) is 24.8 Å².